The maximum Gasteiger partial charge on any atom is 0.349 e. The maximum atomic E-state index is 12.8. The fourth-order valence-electron chi connectivity index (χ4n) is 2.69. The van der Waals surface area contributed by atoms with Crippen molar-refractivity contribution in [2.24, 2.45) is 0 Å². The minimum atomic E-state index is -4.11. The molecule has 0 bridgehead atoms. The molecule has 0 saturated heterocycles. The molecule has 0 spiro atoms. The van der Waals surface area contributed by atoms with Crippen LogP contribution in [0.4, 0.5) is 0 Å². The van der Waals surface area contributed by atoms with Crippen LogP contribution in [0.1, 0.15) is 28.4 Å². The normalized spacial score (nSPS) is 11.4. The van der Waals surface area contributed by atoms with Gasteiger partial charge in [-0.2, -0.15) is 3.97 Å². The largest absolute Gasteiger partial charge is 0.494 e. The van der Waals surface area contributed by atoms with Crippen LogP contribution in [0.5, 0.6) is 5.75 Å². The summed E-state index contributed by atoms with van der Waals surface area (Å²) in [6.45, 7) is 5.99. The Morgan fingerprint density at radius 1 is 1.00 bits per heavy atom. The van der Waals surface area contributed by atoms with Gasteiger partial charge < -0.3 is 4.74 Å². The highest BCUT2D eigenvalue weighted by atomic mass is 32.2. The van der Waals surface area contributed by atoms with Crippen LogP contribution in [0.25, 0.3) is 0 Å². The predicted octanol–water partition coefficient (Wildman–Crippen LogP) is 2.59. The van der Waals surface area contributed by atoms with Crippen molar-refractivity contribution in [3.63, 3.8) is 0 Å². The molecular weight excluding hydrogens is 380 g/mol. The van der Waals surface area contributed by atoms with Crippen LogP contribution in [-0.4, -0.2) is 29.5 Å². The smallest absolute Gasteiger partial charge is 0.349 e. The Hall–Kier alpha value is -3.13. The van der Waals surface area contributed by atoms with E-state index in [2.05, 4.69) is 0 Å². The van der Waals surface area contributed by atoms with E-state index in [0.29, 0.717) is 16.3 Å². The van der Waals surface area contributed by atoms with Crippen molar-refractivity contribution >= 4 is 15.9 Å². The van der Waals surface area contributed by atoms with Crippen LogP contribution in [0, 0.1) is 13.8 Å². The minimum absolute atomic E-state index is 0.0102. The second kappa shape index (κ2) is 7.47. The summed E-state index contributed by atoms with van der Waals surface area (Å²) in [6, 6.07) is 10.9. The fourth-order valence-corrected chi connectivity index (χ4v) is 3.99. The van der Waals surface area contributed by atoms with E-state index in [4.69, 9.17) is 4.74 Å². The highest BCUT2D eigenvalue weighted by Crippen LogP contribution is 2.17. The monoisotopic (exact) mass is 400 g/mol. The van der Waals surface area contributed by atoms with Crippen LogP contribution in [0.15, 0.2) is 64.5 Å². The molecule has 0 amide bonds. The number of ether oxygens (including phenoxy) is 1. The Morgan fingerprint density at radius 3 is 2.29 bits per heavy atom. The van der Waals surface area contributed by atoms with Crippen LogP contribution < -0.4 is 10.4 Å². The summed E-state index contributed by atoms with van der Waals surface area (Å²) >= 11 is 0. The van der Waals surface area contributed by atoms with Crippen LogP contribution in [-0.2, 0) is 10.0 Å². The summed E-state index contributed by atoms with van der Waals surface area (Å²) in [5, 5.41) is 0. The summed E-state index contributed by atoms with van der Waals surface area (Å²) in [4.78, 5) is 25.2. The molecule has 0 fully saturated rings. The van der Waals surface area contributed by atoms with Gasteiger partial charge in [-0.1, -0.05) is 6.07 Å². The van der Waals surface area contributed by atoms with E-state index in [1.807, 2.05) is 13.8 Å². The molecule has 3 aromatic rings. The van der Waals surface area contributed by atoms with Gasteiger partial charge in [0.05, 0.1) is 11.5 Å². The lowest BCUT2D eigenvalue weighted by atomic mass is 10.1. The van der Waals surface area contributed by atoms with Gasteiger partial charge in [0.1, 0.15) is 5.75 Å². The number of hydrogen-bond donors (Lipinski definition) is 0. The molecule has 0 aliphatic carbocycles. The number of benzene rings is 2. The van der Waals surface area contributed by atoms with Crippen molar-refractivity contribution in [2.45, 2.75) is 25.7 Å². The Kier molecular flexibility index (Phi) is 5.24. The molecule has 3 rings (SSSR count). The SMILES string of the molecule is CCOc1ccc(C(=O)n2ccn(S(=O)(=O)c3ccc(C)c(C)c3)c2=O)cc1. The predicted molar refractivity (Wildman–Crippen MR) is 105 cm³/mol. The third-order valence-electron chi connectivity index (χ3n) is 4.41. The van der Waals surface area contributed by atoms with E-state index in [0.717, 1.165) is 28.1 Å². The molecule has 0 aliphatic rings. The topological polar surface area (TPSA) is 87.4 Å². The first-order valence-corrected chi connectivity index (χ1v) is 10.1. The van der Waals surface area contributed by atoms with E-state index in [1.54, 1.807) is 25.1 Å². The van der Waals surface area contributed by atoms with Crippen LogP contribution in [0.3, 0.4) is 0 Å². The second-order valence-corrected chi connectivity index (χ2v) is 8.08. The zero-order chi connectivity index (χ0) is 20.5. The molecular formula is C20H20N2O5S. The van der Waals surface area contributed by atoms with Gasteiger partial charge in [0.15, 0.2) is 0 Å². The molecule has 1 heterocycles. The van der Waals surface area contributed by atoms with Gasteiger partial charge in [-0.25, -0.2) is 17.8 Å². The van der Waals surface area contributed by atoms with E-state index in [1.165, 1.54) is 24.3 Å². The van der Waals surface area contributed by atoms with E-state index in [9.17, 15) is 18.0 Å². The standard InChI is InChI=1S/C20H20N2O5S/c1-4-27-17-8-6-16(7-9-17)19(23)21-11-12-22(20(21)24)28(25,26)18-10-5-14(2)15(3)13-18/h5-13H,4H2,1-3H3. The Bertz CT molecular complexity index is 1190. The minimum Gasteiger partial charge on any atom is -0.494 e. The molecule has 2 aromatic carbocycles. The lowest BCUT2D eigenvalue weighted by Gasteiger charge is -2.07. The van der Waals surface area contributed by atoms with Crippen molar-refractivity contribution in [3.8, 4) is 5.75 Å². The number of aromatic nitrogens is 2. The van der Waals surface area contributed by atoms with Crippen LogP contribution >= 0.6 is 0 Å². The molecule has 28 heavy (non-hydrogen) atoms. The van der Waals surface area contributed by atoms with Crippen molar-refractivity contribution < 1.29 is 17.9 Å². The Balaban J connectivity index is 1.98. The summed E-state index contributed by atoms with van der Waals surface area (Å²) in [5.41, 5.74) is 1.03. The lowest BCUT2D eigenvalue weighted by molar-refractivity contribution is 0.0956. The van der Waals surface area contributed by atoms with Gasteiger partial charge in [-0.05, 0) is 68.3 Å². The number of rotatable bonds is 5. The van der Waals surface area contributed by atoms with Gasteiger partial charge in [0.25, 0.3) is 15.9 Å². The molecule has 0 saturated carbocycles. The highest BCUT2D eigenvalue weighted by molar-refractivity contribution is 7.90. The Labute approximate surface area is 162 Å². The number of carbonyl (C=O) groups excluding carboxylic acids is 1. The average molecular weight is 400 g/mol. The van der Waals surface area contributed by atoms with Gasteiger partial charge in [0, 0.05) is 18.0 Å². The van der Waals surface area contributed by atoms with E-state index >= 15 is 0 Å². The van der Waals surface area contributed by atoms with Gasteiger partial charge in [-0.3, -0.25) is 4.79 Å². The first-order chi connectivity index (χ1) is 13.3. The van der Waals surface area contributed by atoms with Gasteiger partial charge in [-0.15, -0.1) is 0 Å². The van der Waals surface area contributed by atoms with E-state index in [-0.39, 0.29) is 10.5 Å². The van der Waals surface area contributed by atoms with E-state index < -0.39 is 21.6 Å². The van der Waals surface area contributed by atoms with Gasteiger partial charge in [0.2, 0.25) is 0 Å². The molecule has 0 atom stereocenters. The molecule has 0 radical (unpaired) electrons. The summed E-state index contributed by atoms with van der Waals surface area (Å²) in [6.07, 6.45) is 2.24. The van der Waals surface area contributed by atoms with Gasteiger partial charge >= 0.3 is 5.69 Å². The number of hydrogen-bond acceptors (Lipinski definition) is 5. The Morgan fingerprint density at radius 2 is 1.68 bits per heavy atom. The molecule has 0 unspecified atom stereocenters. The molecule has 146 valence electrons. The molecule has 1 aromatic heterocycles. The first-order valence-electron chi connectivity index (χ1n) is 8.66. The van der Waals surface area contributed by atoms with Crippen LogP contribution in [0.2, 0.25) is 0 Å². The molecule has 8 heteroatoms. The lowest BCUT2D eigenvalue weighted by Crippen LogP contribution is -2.32. The highest BCUT2D eigenvalue weighted by Gasteiger charge is 2.23. The van der Waals surface area contributed by atoms with Crippen molar-refractivity contribution in [3.05, 3.63) is 82.0 Å². The van der Waals surface area contributed by atoms with Crippen molar-refractivity contribution in [1.29, 1.82) is 0 Å². The molecule has 0 N–H and O–H groups in total. The van der Waals surface area contributed by atoms with Crippen molar-refractivity contribution in [1.82, 2.24) is 8.54 Å². The third kappa shape index (κ3) is 3.50. The zero-order valence-electron chi connectivity index (χ0n) is 15.7. The maximum absolute atomic E-state index is 12.8. The fraction of sp³-hybridized carbons (Fsp3) is 0.200. The number of carbonyl (C=O) groups is 1. The van der Waals surface area contributed by atoms with Crippen molar-refractivity contribution in [2.75, 3.05) is 6.61 Å². The molecule has 0 aliphatic heterocycles. The number of aryl methyl sites for hydroxylation is 2. The summed E-state index contributed by atoms with van der Waals surface area (Å²) in [7, 11) is -4.11. The summed E-state index contributed by atoms with van der Waals surface area (Å²) < 4.78 is 32.3. The number of imidazole rings is 1. The average Bonchev–Trinajstić information content (AvgIpc) is 3.06. The quantitative estimate of drug-likeness (QED) is 0.657. The summed E-state index contributed by atoms with van der Waals surface area (Å²) in [5.74, 6) is -0.0247. The number of nitrogens with zero attached hydrogens (tertiary/aromatic N) is 2. The second-order valence-electron chi connectivity index (χ2n) is 6.26. The molecule has 7 nitrogen and oxygen atoms in total. The first kappa shape index (κ1) is 19.6. The zero-order valence-corrected chi connectivity index (χ0v) is 16.6. The third-order valence-corrected chi connectivity index (χ3v) is 6.06.